The van der Waals surface area contributed by atoms with Crippen LogP contribution in [0.5, 0.6) is 0 Å². The van der Waals surface area contributed by atoms with Crippen LogP contribution in [0.1, 0.15) is 17.3 Å². The third-order valence-corrected chi connectivity index (χ3v) is 3.97. The summed E-state index contributed by atoms with van der Waals surface area (Å²) < 4.78 is 28.0. The van der Waals surface area contributed by atoms with Gasteiger partial charge in [-0.25, -0.2) is 13.2 Å². The lowest BCUT2D eigenvalue weighted by molar-refractivity contribution is 0.0522. The number of ether oxygens (including phenoxy) is 1. The largest absolute Gasteiger partial charge is 0.462 e. The van der Waals surface area contributed by atoms with Crippen LogP contribution >= 0.6 is 10.7 Å². The summed E-state index contributed by atoms with van der Waals surface area (Å²) in [6, 6.07) is 9.95. The zero-order chi connectivity index (χ0) is 14.0. The molecule has 0 aliphatic carbocycles. The van der Waals surface area contributed by atoms with Gasteiger partial charge in [0.15, 0.2) is 0 Å². The van der Waals surface area contributed by atoms with Gasteiger partial charge in [-0.3, -0.25) is 0 Å². The van der Waals surface area contributed by atoms with E-state index in [0.717, 1.165) is 5.39 Å². The summed E-state index contributed by atoms with van der Waals surface area (Å²) in [4.78, 5) is 11.6. The smallest absolute Gasteiger partial charge is 0.339 e. The highest BCUT2D eigenvalue weighted by Crippen LogP contribution is 2.26. The van der Waals surface area contributed by atoms with Gasteiger partial charge in [-0.1, -0.05) is 24.3 Å². The van der Waals surface area contributed by atoms with E-state index in [-0.39, 0.29) is 17.1 Å². The zero-order valence-corrected chi connectivity index (χ0v) is 11.7. The van der Waals surface area contributed by atoms with Crippen LogP contribution in [-0.4, -0.2) is 21.0 Å². The van der Waals surface area contributed by atoms with Crippen molar-refractivity contribution in [1.29, 1.82) is 0 Å². The van der Waals surface area contributed by atoms with Crippen molar-refractivity contribution in [1.82, 2.24) is 0 Å². The lowest BCUT2D eigenvalue weighted by Crippen LogP contribution is -2.09. The molecule has 0 N–H and O–H groups in total. The lowest BCUT2D eigenvalue weighted by atomic mass is 10.1. The molecular weight excluding hydrogens is 288 g/mol. The van der Waals surface area contributed by atoms with Crippen molar-refractivity contribution in [2.24, 2.45) is 0 Å². The van der Waals surface area contributed by atoms with E-state index < -0.39 is 15.0 Å². The first kappa shape index (κ1) is 13.8. The van der Waals surface area contributed by atoms with Gasteiger partial charge in [0.2, 0.25) is 0 Å². The topological polar surface area (TPSA) is 60.4 Å². The molecule has 0 amide bonds. The number of hydrogen-bond donors (Lipinski definition) is 0. The molecule has 0 atom stereocenters. The predicted molar refractivity (Wildman–Crippen MR) is 72.9 cm³/mol. The normalized spacial score (nSPS) is 11.5. The lowest BCUT2D eigenvalue weighted by Gasteiger charge is -2.08. The van der Waals surface area contributed by atoms with Crippen molar-refractivity contribution in [2.75, 3.05) is 6.61 Å². The average Bonchev–Trinajstić information content (AvgIpc) is 2.36. The number of hydrogen-bond acceptors (Lipinski definition) is 4. The first-order valence-electron chi connectivity index (χ1n) is 5.58. The van der Waals surface area contributed by atoms with Crippen LogP contribution in [0, 0.1) is 0 Å². The Kier molecular flexibility index (Phi) is 3.78. The molecule has 0 radical (unpaired) electrons. The molecule has 100 valence electrons. The van der Waals surface area contributed by atoms with E-state index in [1.54, 1.807) is 31.2 Å². The van der Waals surface area contributed by atoms with Gasteiger partial charge < -0.3 is 4.74 Å². The Morgan fingerprint density at radius 3 is 2.32 bits per heavy atom. The Balaban J connectivity index is 2.75. The summed E-state index contributed by atoms with van der Waals surface area (Å²) >= 11 is 0. The summed E-state index contributed by atoms with van der Waals surface area (Å²) in [6.45, 7) is 1.81. The van der Waals surface area contributed by atoms with Gasteiger partial charge in [-0.05, 0) is 29.8 Å². The zero-order valence-electron chi connectivity index (χ0n) is 10.1. The van der Waals surface area contributed by atoms with Crippen LogP contribution in [0.15, 0.2) is 41.3 Å². The minimum absolute atomic E-state index is 0.0458. The molecule has 0 aliphatic rings. The number of carbonyl (C=O) groups excluding carboxylic acids is 1. The highest BCUT2D eigenvalue weighted by molar-refractivity contribution is 8.13. The number of carbonyl (C=O) groups is 1. The molecule has 0 aliphatic heterocycles. The maximum absolute atomic E-state index is 11.8. The van der Waals surface area contributed by atoms with Gasteiger partial charge in [0, 0.05) is 10.7 Å². The van der Waals surface area contributed by atoms with E-state index in [1.807, 2.05) is 0 Å². The van der Waals surface area contributed by atoms with Crippen LogP contribution in [0.4, 0.5) is 0 Å². The quantitative estimate of drug-likeness (QED) is 0.645. The van der Waals surface area contributed by atoms with E-state index in [4.69, 9.17) is 15.4 Å². The average molecular weight is 299 g/mol. The van der Waals surface area contributed by atoms with Crippen LogP contribution in [-0.2, 0) is 13.8 Å². The summed E-state index contributed by atoms with van der Waals surface area (Å²) in [5.74, 6) is -0.701. The van der Waals surface area contributed by atoms with Gasteiger partial charge in [-0.15, -0.1) is 0 Å². The monoisotopic (exact) mass is 298 g/mol. The van der Waals surface area contributed by atoms with Gasteiger partial charge in [0.1, 0.15) is 0 Å². The minimum Gasteiger partial charge on any atom is -0.462 e. The predicted octanol–water partition coefficient (Wildman–Crippen LogP) is 2.94. The second kappa shape index (κ2) is 5.19. The van der Waals surface area contributed by atoms with Gasteiger partial charge in [0.05, 0.1) is 17.1 Å². The fourth-order valence-corrected chi connectivity index (χ4v) is 2.85. The molecule has 0 fully saturated rings. The number of halogens is 1. The molecule has 0 unspecified atom stereocenters. The maximum atomic E-state index is 11.8. The van der Waals surface area contributed by atoms with Gasteiger partial charge >= 0.3 is 5.97 Å². The number of esters is 1. The van der Waals surface area contributed by atoms with Gasteiger partial charge in [0.25, 0.3) is 9.05 Å². The van der Waals surface area contributed by atoms with Crippen molar-refractivity contribution >= 4 is 36.5 Å². The van der Waals surface area contributed by atoms with Crippen LogP contribution in [0.2, 0.25) is 0 Å². The first-order valence-corrected chi connectivity index (χ1v) is 7.89. The van der Waals surface area contributed by atoms with Crippen LogP contribution in [0.25, 0.3) is 10.8 Å². The SMILES string of the molecule is CCOC(=O)c1cc2ccccc2cc1S(=O)(=O)Cl. The Hall–Kier alpha value is -1.59. The summed E-state index contributed by atoms with van der Waals surface area (Å²) in [6.07, 6.45) is 0. The fraction of sp³-hybridized carbons (Fsp3) is 0.154. The Morgan fingerprint density at radius 2 is 1.79 bits per heavy atom. The molecule has 0 spiro atoms. The molecule has 2 rings (SSSR count). The van der Waals surface area contributed by atoms with Crippen molar-refractivity contribution in [3.8, 4) is 0 Å². The van der Waals surface area contributed by atoms with E-state index in [2.05, 4.69) is 0 Å². The summed E-state index contributed by atoms with van der Waals surface area (Å²) in [7, 11) is 1.36. The van der Waals surface area contributed by atoms with Crippen molar-refractivity contribution in [2.45, 2.75) is 11.8 Å². The van der Waals surface area contributed by atoms with Crippen molar-refractivity contribution in [3.05, 3.63) is 42.0 Å². The summed E-state index contributed by atoms with van der Waals surface area (Å²) in [5.41, 5.74) is -0.0458. The van der Waals surface area contributed by atoms with E-state index in [1.165, 1.54) is 12.1 Å². The molecule has 2 aromatic rings. The second-order valence-corrected chi connectivity index (χ2v) is 6.39. The molecule has 19 heavy (non-hydrogen) atoms. The Labute approximate surface area is 115 Å². The highest BCUT2D eigenvalue weighted by Gasteiger charge is 2.22. The minimum atomic E-state index is -4.02. The molecule has 0 aromatic heterocycles. The molecule has 2 aromatic carbocycles. The van der Waals surface area contributed by atoms with E-state index >= 15 is 0 Å². The summed E-state index contributed by atoms with van der Waals surface area (Å²) in [5, 5.41) is 1.43. The third-order valence-electron chi connectivity index (χ3n) is 2.61. The van der Waals surface area contributed by atoms with Gasteiger partial charge in [-0.2, -0.15) is 0 Å². The highest BCUT2D eigenvalue weighted by atomic mass is 35.7. The Bertz CT molecular complexity index is 737. The molecule has 0 saturated heterocycles. The molecule has 4 nitrogen and oxygen atoms in total. The fourth-order valence-electron chi connectivity index (χ4n) is 1.79. The Morgan fingerprint density at radius 1 is 1.21 bits per heavy atom. The standard InChI is InChI=1S/C13H11ClO4S/c1-2-18-13(15)11-7-9-5-3-4-6-10(9)8-12(11)19(14,16)17/h3-8H,2H2,1H3. The van der Waals surface area contributed by atoms with Crippen molar-refractivity contribution < 1.29 is 17.9 Å². The maximum Gasteiger partial charge on any atom is 0.339 e. The number of benzene rings is 2. The third kappa shape index (κ3) is 2.88. The van der Waals surface area contributed by atoms with Crippen LogP contribution < -0.4 is 0 Å². The second-order valence-electron chi connectivity index (χ2n) is 3.85. The first-order chi connectivity index (χ1) is 8.93. The molecule has 0 heterocycles. The van der Waals surface area contributed by atoms with Crippen molar-refractivity contribution in [3.63, 3.8) is 0 Å². The molecule has 0 saturated carbocycles. The van der Waals surface area contributed by atoms with E-state index in [0.29, 0.717) is 5.39 Å². The van der Waals surface area contributed by atoms with E-state index in [9.17, 15) is 13.2 Å². The van der Waals surface area contributed by atoms with Crippen LogP contribution in [0.3, 0.4) is 0 Å². The molecule has 6 heteroatoms. The number of rotatable bonds is 3. The number of fused-ring (bicyclic) bond motifs is 1. The molecule has 0 bridgehead atoms. The molecular formula is C13H11ClO4S.